The number of carbonyl (C=O) groups is 1. The average Bonchev–Trinajstić information content (AvgIpc) is 3.15. The summed E-state index contributed by atoms with van der Waals surface area (Å²) in [5, 5.41) is 4.50. The highest BCUT2D eigenvalue weighted by Crippen LogP contribution is 2.30. The molecule has 0 spiro atoms. The zero-order valence-electron chi connectivity index (χ0n) is 17.5. The molecule has 5 heteroatoms. The minimum Gasteiger partial charge on any atom is -0.489 e. The third-order valence-electron chi connectivity index (χ3n) is 4.90. The Hall–Kier alpha value is -3.34. The summed E-state index contributed by atoms with van der Waals surface area (Å²) in [6.45, 7) is 6.26. The van der Waals surface area contributed by atoms with Crippen LogP contribution in [0.15, 0.2) is 54.7 Å². The Bertz CT molecular complexity index is 1060. The van der Waals surface area contributed by atoms with Crippen LogP contribution in [-0.4, -0.2) is 22.9 Å². The molecule has 2 aromatic carbocycles. The van der Waals surface area contributed by atoms with E-state index in [1.807, 2.05) is 63.5 Å². The van der Waals surface area contributed by atoms with Crippen molar-refractivity contribution >= 4 is 11.5 Å². The molecule has 0 aliphatic heterocycles. The lowest BCUT2D eigenvalue weighted by Crippen LogP contribution is -2.08. The molecule has 3 rings (SSSR count). The van der Waals surface area contributed by atoms with E-state index in [4.69, 9.17) is 9.47 Å². The molecule has 0 aliphatic rings. The van der Waals surface area contributed by atoms with Gasteiger partial charge in [0.25, 0.3) is 0 Å². The van der Waals surface area contributed by atoms with Crippen LogP contribution in [0.25, 0.3) is 16.8 Å². The van der Waals surface area contributed by atoms with Crippen LogP contribution in [-0.2, 0) is 23.2 Å². The number of esters is 1. The number of ether oxygens (including phenoxy) is 2. The van der Waals surface area contributed by atoms with E-state index < -0.39 is 0 Å². The second-order valence-electron chi connectivity index (χ2n) is 6.95. The van der Waals surface area contributed by atoms with E-state index in [0.717, 1.165) is 39.3 Å². The minimum absolute atomic E-state index is 0.355. The molecule has 0 amide bonds. The highest BCUT2D eigenvalue weighted by atomic mass is 16.5. The molecule has 0 saturated heterocycles. The zero-order valence-corrected chi connectivity index (χ0v) is 17.5. The maximum atomic E-state index is 12.1. The first-order valence-electron chi connectivity index (χ1n) is 9.51. The summed E-state index contributed by atoms with van der Waals surface area (Å²) in [6, 6.07) is 13.9. The number of hydrogen-bond acceptors (Lipinski definition) is 4. The summed E-state index contributed by atoms with van der Waals surface area (Å²) in [7, 11) is 3.30. The maximum Gasteiger partial charge on any atom is 0.338 e. The summed E-state index contributed by atoms with van der Waals surface area (Å²) in [4.78, 5) is 12.1. The molecule has 29 heavy (non-hydrogen) atoms. The summed E-state index contributed by atoms with van der Waals surface area (Å²) in [6.07, 6.45) is 3.70. The van der Waals surface area contributed by atoms with Gasteiger partial charge in [0.05, 0.1) is 18.4 Å². The third-order valence-corrected chi connectivity index (χ3v) is 4.90. The van der Waals surface area contributed by atoms with Gasteiger partial charge in [0.15, 0.2) is 0 Å². The molecule has 1 heterocycles. The van der Waals surface area contributed by atoms with Crippen LogP contribution in [0.2, 0.25) is 0 Å². The van der Waals surface area contributed by atoms with E-state index in [2.05, 4.69) is 18.1 Å². The summed E-state index contributed by atoms with van der Waals surface area (Å²) in [5.74, 6) is 0.462. The van der Waals surface area contributed by atoms with Crippen molar-refractivity contribution in [3.8, 4) is 17.0 Å². The van der Waals surface area contributed by atoms with E-state index in [9.17, 15) is 4.79 Å². The van der Waals surface area contributed by atoms with Crippen LogP contribution >= 0.6 is 0 Å². The van der Waals surface area contributed by atoms with E-state index in [1.54, 1.807) is 10.8 Å². The van der Waals surface area contributed by atoms with Crippen LogP contribution in [0.1, 0.15) is 29.2 Å². The molecule has 0 N–H and O–H groups in total. The van der Waals surface area contributed by atoms with Crippen LogP contribution in [0.3, 0.4) is 0 Å². The molecule has 5 nitrogen and oxygen atoms in total. The van der Waals surface area contributed by atoms with Crippen molar-refractivity contribution in [1.82, 2.24) is 9.78 Å². The summed E-state index contributed by atoms with van der Waals surface area (Å²) < 4.78 is 12.9. The number of aryl methyl sites for hydroxylation is 3. The standard InChI is InChI=1S/C24H26N2O3/c1-6-19(24(27)28-5)20-10-8-7-9-18(20)15-29-23-14-16(2)21(13-17(23)3)22-11-12-26(4)25-22/h6-14H,15H2,1-5H3. The second-order valence-corrected chi connectivity index (χ2v) is 6.95. The van der Waals surface area contributed by atoms with Crippen molar-refractivity contribution in [2.45, 2.75) is 27.4 Å². The SMILES string of the molecule is CC=C(C(=O)OC)c1ccccc1COc1cc(C)c(-c2ccn(C)n2)cc1C. The quantitative estimate of drug-likeness (QED) is 0.446. The fraction of sp³-hybridized carbons (Fsp3) is 0.250. The Morgan fingerprint density at radius 3 is 2.55 bits per heavy atom. The van der Waals surface area contributed by atoms with Gasteiger partial charge < -0.3 is 9.47 Å². The number of nitrogens with zero attached hydrogens (tertiary/aromatic N) is 2. The molecule has 0 bridgehead atoms. The average molecular weight is 390 g/mol. The van der Waals surface area contributed by atoms with Gasteiger partial charge >= 0.3 is 5.97 Å². The summed E-state index contributed by atoms with van der Waals surface area (Å²) in [5.41, 5.74) is 6.45. The van der Waals surface area contributed by atoms with Gasteiger partial charge in [-0.05, 0) is 61.2 Å². The van der Waals surface area contributed by atoms with Crippen LogP contribution in [0, 0.1) is 13.8 Å². The van der Waals surface area contributed by atoms with E-state index in [1.165, 1.54) is 7.11 Å². The first-order valence-corrected chi connectivity index (χ1v) is 9.51. The van der Waals surface area contributed by atoms with Crippen LogP contribution < -0.4 is 4.74 Å². The second kappa shape index (κ2) is 8.78. The van der Waals surface area contributed by atoms with Gasteiger partial charge in [-0.15, -0.1) is 0 Å². The topological polar surface area (TPSA) is 53.4 Å². The molecule has 0 aliphatic carbocycles. The number of rotatable bonds is 6. The molecule has 1 aromatic heterocycles. The molecule has 3 aromatic rings. The van der Waals surface area contributed by atoms with Crippen molar-refractivity contribution < 1.29 is 14.3 Å². The first kappa shape index (κ1) is 20.4. The number of aromatic nitrogens is 2. The lowest BCUT2D eigenvalue weighted by atomic mass is 9.99. The van der Waals surface area contributed by atoms with Crippen LogP contribution in [0.4, 0.5) is 0 Å². The minimum atomic E-state index is -0.355. The number of allylic oxidation sites excluding steroid dienone is 1. The lowest BCUT2D eigenvalue weighted by Gasteiger charge is -2.15. The Morgan fingerprint density at radius 2 is 1.90 bits per heavy atom. The Balaban J connectivity index is 1.86. The predicted octanol–water partition coefficient (Wildman–Crippen LogP) is 4.86. The molecule has 150 valence electrons. The Morgan fingerprint density at radius 1 is 1.14 bits per heavy atom. The first-order chi connectivity index (χ1) is 13.9. The molecule has 0 saturated carbocycles. The highest BCUT2D eigenvalue weighted by molar-refractivity contribution is 6.16. The molecule has 0 fully saturated rings. The number of benzene rings is 2. The van der Waals surface area contributed by atoms with Crippen molar-refractivity contribution in [2.24, 2.45) is 7.05 Å². The fourth-order valence-corrected chi connectivity index (χ4v) is 3.34. The van der Waals surface area contributed by atoms with Gasteiger partial charge in [0.2, 0.25) is 0 Å². The molecule has 0 radical (unpaired) electrons. The Kier molecular flexibility index (Phi) is 6.17. The van der Waals surface area contributed by atoms with Gasteiger partial charge in [-0.1, -0.05) is 30.3 Å². The molecular weight excluding hydrogens is 364 g/mol. The third kappa shape index (κ3) is 4.40. The normalized spacial score (nSPS) is 11.4. The smallest absolute Gasteiger partial charge is 0.338 e. The maximum absolute atomic E-state index is 12.1. The van der Waals surface area contributed by atoms with Gasteiger partial charge in [-0.2, -0.15) is 5.10 Å². The monoisotopic (exact) mass is 390 g/mol. The number of carbonyl (C=O) groups excluding carboxylic acids is 1. The van der Waals surface area contributed by atoms with Crippen molar-refractivity contribution in [3.05, 3.63) is 77.0 Å². The number of hydrogen-bond donors (Lipinski definition) is 0. The van der Waals surface area contributed by atoms with Crippen LogP contribution in [0.5, 0.6) is 5.75 Å². The molecule has 0 atom stereocenters. The number of methoxy groups -OCH3 is 1. The van der Waals surface area contributed by atoms with E-state index in [0.29, 0.717) is 12.2 Å². The van der Waals surface area contributed by atoms with Crippen molar-refractivity contribution in [1.29, 1.82) is 0 Å². The van der Waals surface area contributed by atoms with Crippen molar-refractivity contribution in [2.75, 3.05) is 7.11 Å². The van der Waals surface area contributed by atoms with E-state index in [-0.39, 0.29) is 5.97 Å². The lowest BCUT2D eigenvalue weighted by molar-refractivity contribution is -0.133. The molecular formula is C24H26N2O3. The zero-order chi connectivity index (χ0) is 21.0. The predicted molar refractivity (Wildman–Crippen MR) is 115 cm³/mol. The highest BCUT2D eigenvalue weighted by Gasteiger charge is 2.16. The van der Waals surface area contributed by atoms with Crippen molar-refractivity contribution in [3.63, 3.8) is 0 Å². The van der Waals surface area contributed by atoms with Gasteiger partial charge in [-0.3, -0.25) is 4.68 Å². The Labute approximate surface area is 171 Å². The van der Waals surface area contributed by atoms with Gasteiger partial charge in [0.1, 0.15) is 12.4 Å². The largest absolute Gasteiger partial charge is 0.489 e. The van der Waals surface area contributed by atoms with Gasteiger partial charge in [0, 0.05) is 18.8 Å². The van der Waals surface area contributed by atoms with E-state index >= 15 is 0 Å². The fourth-order valence-electron chi connectivity index (χ4n) is 3.34. The van der Waals surface area contributed by atoms with Gasteiger partial charge in [-0.25, -0.2) is 4.79 Å². The molecule has 0 unspecified atom stereocenters. The summed E-state index contributed by atoms with van der Waals surface area (Å²) >= 11 is 0.